The number of rotatable bonds is 1. The van der Waals surface area contributed by atoms with Crippen LogP contribution in [0, 0.1) is 5.41 Å². The molecule has 1 fully saturated rings. The molecule has 0 aromatic heterocycles. The van der Waals surface area contributed by atoms with Crippen LogP contribution in [0.15, 0.2) is 0 Å². The maximum absolute atomic E-state index is 11.7. The Balaban J connectivity index is 2.35. The maximum atomic E-state index is 11.7. The third-order valence-electron chi connectivity index (χ3n) is 2.44. The van der Waals surface area contributed by atoms with E-state index < -0.39 is 0 Å². The first-order chi connectivity index (χ1) is 6.00. The number of carbonyl (C=O) groups is 1. The van der Waals surface area contributed by atoms with Gasteiger partial charge in [-0.15, -0.1) is 0 Å². The second kappa shape index (κ2) is 4.50. The summed E-state index contributed by atoms with van der Waals surface area (Å²) in [6, 6.07) is 0. The zero-order chi connectivity index (χ0) is 9.90. The Labute approximate surface area is 85.7 Å². The Hall–Kier alpha value is 0.0200. The number of carbonyl (C=O) groups excluding carboxylic acids is 1. The van der Waals surface area contributed by atoms with Gasteiger partial charge in [0.25, 0.3) is 0 Å². The largest absolute Gasteiger partial charge is 0.287 e. The van der Waals surface area contributed by atoms with Crippen molar-refractivity contribution in [3.05, 3.63) is 0 Å². The van der Waals surface area contributed by atoms with Crippen LogP contribution in [-0.4, -0.2) is 10.4 Å². The third kappa shape index (κ3) is 3.72. The second-order valence-corrected chi connectivity index (χ2v) is 6.19. The highest BCUT2D eigenvalue weighted by atomic mass is 32.2. The molecular formula is C11H20OS. The van der Waals surface area contributed by atoms with Crippen molar-refractivity contribution in [2.75, 3.05) is 0 Å². The summed E-state index contributed by atoms with van der Waals surface area (Å²) in [5, 5.41) is 0.972. The van der Waals surface area contributed by atoms with Crippen molar-refractivity contribution in [2.24, 2.45) is 5.41 Å². The summed E-state index contributed by atoms with van der Waals surface area (Å²) >= 11 is 1.59. The fourth-order valence-corrected chi connectivity index (χ4v) is 2.74. The predicted molar refractivity (Wildman–Crippen MR) is 58.9 cm³/mol. The first kappa shape index (κ1) is 11.1. The Morgan fingerprint density at radius 2 is 1.69 bits per heavy atom. The molecule has 76 valence electrons. The maximum Gasteiger partial charge on any atom is 0.194 e. The Bertz CT molecular complexity index is 175. The van der Waals surface area contributed by atoms with E-state index in [1.807, 2.05) is 20.8 Å². The zero-order valence-corrected chi connectivity index (χ0v) is 9.75. The molecule has 0 heterocycles. The van der Waals surface area contributed by atoms with Crippen LogP contribution in [0.2, 0.25) is 0 Å². The van der Waals surface area contributed by atoms with Gasteiger partial charge in [0, 0.05) is 10.7 Å². The SMILES string of the molecule is CC(C)(C)C(=O)SC1CCCCC1. The van der Waals surface area contributed by atoms with Crippen LogP contribution in [-0.2, 0) is 4.79 Å². The normalized spacial score (nSPS) is 20.2. The van der Waals surface area contributed by atoms with Gasteiger partial charge >= 0.3 is 0 Å². The van der Waals surface area contributed by atoms with Gasteiger partial charge in [-0.25, -0.2) is 0 Å². The molecule has 0 unspecified atom stereocenters. The van der Waals surface area contributed by atoms with Gasteiger partial charge in [0.1, 0.15) is 0 Å². The van der Waals surface area contributed by atoms with Crippen molar-refractivity contribution in [1.29, 1.82) is 0 Å². The van der Waals surface area contributed by atoms with E-state index >= 15 is 0 Å². The quantitative estimate of drug-likeness (QED) is 0.643. The highest BCUT2D eigenvalue weighted by Crippen LogP contribution is 2.33. The molecule has 1 aliphatic carbocycles. The van der Waals surface area contributed by atoms with Crippen LogP contribution in [0.25, 0.3) is 0 Å². The van der Waals surface area contributed by atoms with Crippen molar-refractivity contribution < 1.29 is 4.79 Å². The van der Waals surface area contributed by atoms with Crippen molar-refractivity contribution >= 4 is 16.9 Å². The van der Waals surface area contributed by atoms with E-state index in [9.17, 15) is 4.79 Å². The first-order valence-corrected chi connectivity index (χ1v) is 6.09. The molecule has 0 spiro atoms. The van der Waals surface area contributed by atoms with E-state index in [2.05, 4.69) is 0 Å². The summed E-state index contributed by atoms with van der Waals surface area (Å²) in [7, 11) is 0. The molecule has 0 saturated heterocycles. The van der Waals surface area contributed by atoms with E-state index in [1.165, 1.54) is 32.1 Å². The monoisotopic (exact) mass is 200 g/mol. The predicted octanol–water partition coefficient (Wildman–Crippen LogP) is 3.63. The van der Waals surface area contributed by atoms with Gasteiger partial charge in [0.15, 0.2) is 5.12 Å². The van der Waals surface area contributed by atoms with Crippen LogP contribution in [0.3, 0.4) is 0 Å². The highest BCUT2D eigenvalue weighted by molar-refractivity contribution is 8.14. The van der Waals surface area contributed by atoms with E-state index in [0.29, 0.717) is 10.4 Å². The molecule has 0 atom stereocenters. The minimum absolute atomic E-state index is 0.165. The molecule has 0 aromatic carbocycles. The summed E-state index contributed by atoms with van der Waals surface area (Å²) < 4.78 is 0. The lowest BCUT2D eigenvalue weighted by Crippen LogP contribution is -2.21. The van der Waals surface area contributed by atoms with Crippen LogP contribution in [0.4, 0.5) is 0 Å². The number of thioether (sulfide) groups is 1. The number of hydrogen-bond acceptors (Lipinski definition) is 2. The van der Waals surface area contributed by atoms with Crippen LogP contribution < -0.4 is 0 Å². The number of hydrogen-bond donors (Lipinski definition) is 0. The van der Waals surface area contributed by atoms with Crippen LogP contribution >= 0.6 is 11.8 Å². The first-order valence-electron chi connectivity index (χ1n) is 5.21. The smallest absolute Gasteiger partial charge is 0.194 e. The minimum atomic E-state index is -0.165. The second-order valence-electron chi connectivity index (χ2n) is 4.92. The van der Waals surface area contributed by atoms with Crippen molar-refractivity contribution in [2.45, 2.75) is 58.1 Å². The third-order valence-corrected chi connectivity index (χ3v) is 4.07. The summed E-state index contributed by atoms with van der Waals surface area (Å²) in [5.74, 6) is 0. The van der Waals surface area contributed by atoms with E-state index in [-0.39, 0.29) is 5.41 Å². The standard InChI is InChI=1S/C11H20OS/c1-11(2,3)10(12)13-9-7-5-4-6-8-9/h9H,4-8H2,1-3H3. The van der Waals surface area contributed by atoms with Crippen LogP contribution in [0.1, 0.15) is 52.9 Å². The molecule has 0 radical (unpaired) electrons. The van der Waals surface area contributed by atoms with Gasteiger partial charge in [0.2, 0.25) is 0 Å². The van der Waals surface area contributed by atoms with Gasteiger partial charge in [-0.3, -0.25) is 4.79 Å². The molecule has 13 heavy (non-hydrogen) atoms. The summed E-state index contributed by atoms with van der Waals surface area (Å²) in [5.41, 5.74) is -0.165. The summed E-state index contributed by atoms with van der Waals surface area (Å²) in [6.07, 6.45) is 6.48. The lowest BCUT2D eigenvalue weighted by atomic mass is 9.99. The van der Waals surface area contributed by atoms with Gasteiger partial charge in [-0.05, 0) is 12.8 Å². The highest BCUT2D eigenvalue weighted by Gasteiger charge is 2.26. The van der Waals surface area contributed by atoms with E-state index in [1.54, 1.807) is 11.8 Å². The lowest BCUT2D eigenvalue weighted by molar-refractivity contribution is -0.117. The van der Waals surface area contributed by atoms with Crippen LogP contribution in [0.5, 0.6) is 0 Å². The van der Waals surface area contributed by atoms with Gasteiger partial charge in [-0.1, -0.05) is 51.8 Å². The Kier molecular flexibility index (Phi) is 3.84. The van der Waals surface area contributed by atoms with Gasteiger partial charge in [-0.2, -0.15) is 0 Å². The average molecular weight is 200 g/mol. The fraction of sp³-hybridized carbons (Fsp3) is 0.909. The minimum Gasteiger partial charge on any atom is -0.287 e. The molecule has 0 aliphatic heterocycles. The topological polar surface area (TPSA) is 17.1 Å². The molecule has 0 amide bonds. The molecular weight excluding hydrogens is 180 g/mol. The van der Waals surface area contributed by atoms with Gasteiger partial charge in [0.05, 0.1) is 0 Å². The molecule has 1 rings (SSSR count). The van der Waals surface area contributed by atoms with E-state index in [4.69, 9.17) is 0 Å². The van der Waals surface area contributed by atoms with Crippen molar-refractivity contribution in [3.8, 4) is 0 Å². The fourth-order valence-electron chi connectivity index (χ4n) is 1.51. The summed E-state index contributed by atoms with van der Waals surface area (Å²) in [4.78, 5) is 11.7. The Morgan fingerprint density at radius 1 is 1.15 bits per heavy atom. The van der Waals surface area contributed by atoms with Gasteiger partial charge < -0.3 is 0 Å². The van der Waals surface area contributed by atoms with Crippen molar-refractivity contribution in [1.82, 2.24) is 0 Å². The molecule has 1 saturated carbocycles. The molecule has 0 bridgehead atoms. The molecule has 0 aromatic rings. The molecule has 2 heteroatoms. The zero-order valence-electron chi connectivity index (χ0n) is 8.93. The van der Waals surface area contributed by atoms with E-state index in [0.717, 1.165) is 0 Å². The summed E-state index contributed by atoms with van der Waals surface area (Å²) in [6.45, 7) is 6.02. The molecule has 1 aliphatic rings. The molecule has 1 nitrogen and oxygen atoms in total. The molecule has 0 N–H and O–H groups in total. The average Bonchev–Trinajstić information content (AvgIpc) is 2.04. The van der Waals surface area contributed by atoms with Crippen molar-refractivity contribution in [3.63, 3.8) is 0 Å². The lowest BCUT2D eigenvalue weighted by Gasteiger charge is -2.24. The Morgan fingerprint density at radius 3 is 2.15 bits per heavy atom.